The largest absolute Gasteiger partial charge is 0.301 e. The lowest BCUT2D eigenvalue weighted by Gasteiger charge is -2.05. The lowest BCUT2D eigenvalue weighted by molar-refractivity contribution is 0.918. The molecule has 0 heterocycles. The van der Waals surface area contributed by atoms with E-state index in [-0.39, 0.29) is 5.41 Å². The lowest BCUT2D eigenvalue weighted by atomic mass is 9.86. The molecular formula is C15H11+. The molecule has 0 bridgehead atoms. The topological polar surface area (TPSA) is 0 Å². The number of benzene rings is 2. The molecule has 3 rings (SSSR count). The smallest absolute Gasteiger partial charge is 0.0622 e. The molecule has 0 fully saturated rings. The quantitative estimate of drug-likeness (QED) is 0.638. The van der Waals surface area contributed by atoms with Crippen molar-refractivity contribution in [2.24, 2.45) is 0 Å². The molecule has 2 aromatic carbocycles. The Morgan fingerprint density at radius 1 is 0.667 bits per heavy atom. The second-order valence-electron chi connectivity index (χ2n) is 3.83. The summed E-state index contributed by atoms with van der Waals surface area (Å²) in [5, 5.41) is 0. The molecule has 70 valence electrons. The van der Waals surface area contributed by atoms with Crippen molar-refractivity contribution in [2.45, 2.75) is 5.41 Å². The van der Waals surface area contributed by atoms with Crippen LogP contribution in [-0.2, 0) is 5.41 Å². The minimum absolute atomic E-state index is 0.0392. The van der Waals surface area contributed by atoms with E-state index in [1.165, 1.54) is 11.1 Å². The van der Waals surface area contributed by atoms with Crippen LogP contribution < -0.4 is 0 Å². The van der Waals surface area contributed by atoms with E-state index in [1.54, 1.807) is 0 Å². The van der Waals surface area contributed by atoms with Gasteiger partial charge in [-0.05, 0) is 0 Å². The first kappa shape index (κ1) is 8.40. The molecule has 0 saturated heterocycles. The van der Waals surface area contributed by atoms with E-state index in [0.29, 0.717) is 0 Å². The third kappa shape index (κ3) is 1.27. The Morgan fingerprint density at radius 2 is 1.07 bits per heavy atom. The minimum atomic E-state index is -0.0392. The van der Waals surface area contributed by atoms with Gasteiger partial charge in [-0.2, -0.15) is 0 Å². The predicted octanol–water partition coefficient (Wildman–Crippen LogP) is 3.35. The fraction of sp³-hybridized carbons (Fsp3) is 0.0667. The van der Waals surface area contributed by atoms with Gasteiger partial charge in [0.15, 0.2) is 0 Å². The normalized spacial score (nSPS) is 15.7. The summed E-state index contributed by atoms with van der Waals surface area (Å²) in [7, 11) is 0. The first-order chi connectivity index (χ1) is 7.42. The third-order valence-corrected chi connectivity index (χ3v) is 2.89. The summed E-state index contributed by atoms with van der Waals surface area (Å²) in [4.78, 5) is 0. The Morgan fingerprint density at radius 3 is 1.40 bits per heavy atom. The number of hydrogen-bond acceptors (Lipinski definition) is 0. The van der Waals surface area contributed by atoms with E-state index in [9.17, 15) is 0 Å². The Bertz CT molecular complexity index is 432. The van der Waals surface area contributed by atoms with Crippen molar-refractivity contribution >= 4 is 0 Å². The van der Waals surface area contributed by atoms with Crippen LogP contribution in [-0.4, -0.2) is 0 Å². The summed E-state index contributed by atoms with van der Waals surface area (Å²) in [6.45, 7) is 0. The van der Waals surface area contributed by atoms with Crippen molar-refractivity contribution in [1.29, 1.82) is 0 Å². The van der Waals surface area contributed by atoms with Crippen LogP contribution in [0.4, 0.5) is 0 Å². The van der Waals surface area contributed by atoms with Gasteiger partial charge in [-0.1, -0.05) is 60.7 Å². The van der Waals surface area contributed by atoms with Gasteiger partial charge in [-0.3, -0.25) is 0 Å². The van der Waals surface area contributed by atoms with E-state index >= 15 is 0 Å². The maximum Gasteiger partial charge on any atom is 0.301 e. The van der Waals surface area contributed by atoms with Crippen LogP contribution >= 0.6 is 0 Å². The third-order valence-electron chi connectivity index (χ3n) is 2.89. The van der Waals surface area contributed by atoms with E-state index in [2.05, 4.69) is 60.7 Å². The van der Waals surface area contributed by atoms with Gasteiger partial charge in [0.25, 0.3) is 6.08 Å². The molecule has 15 heavy (non-hydrogen) atoms. The maximum absolute atomic E-state index is 3.36. The average Bonchev–Trinajstić information content (AvgIpc) is 3.13. The highest BCUT2D eigenvalue weighted by atomic mass is 14.4. The molecule has 0 atom stereocenters. The first-order valence-corrected chi connectivity index (χ1v) is 5.15. The van der Waals surface area contributed by atoms with Crippen LogP contribution in [0, 0.1) is 6.08 Å². The van der Waals surface area contributed by atoms with Crippen LogP contribution in [0.25, 0.3) is 0 Å². The van der Waals surface area contributed by atoms with Crippen LogP contribution in [0.15, 0.2) is 66.7 Å². The van der Waals surface area contributed by atoms with Crippen LogP contribution in [0.1, 0.15) is 11.1 Å². The molecule has 1 aliphatic rings. The van der Waals surface area contributed by atoms with Gasteiger partial charge in [0, 0.05) is 11.1 Å². The number of allylic oxidation sites excluding steroid dienone is 2. The maximum atomic E-state index is 3.36. The Hall–Kier alpha value is -1.91. The standard InChI is InChI=1S/C15H11/c1-3-7-13(8-4-1)15(11-12-15)14-9-5-2-6-10-14/h1-11H/q+1. The van der Waals surface area contributed by atoms with Gasteiger partial charge in [0.2, 0.25) is 6.08 Å². The Labute approximate surface area is 89.9 Å². The summed E-state index contributed by atoms with van der Waals surface area (Å²) >= 11 is 0. The van der Waals surface area contributed by atoms with Gasteiger partial charge in [-0.25, -0.2) is 0 Å². The zero-order valence-corrected chi connectivity index (χ0v) is 8.35. The summed E-state index contributed by atoms with van der Waals surface area (Å²) in [5.41, 5.74) is 2.56. The van der Waals surface area contributed by atoms with Gasteiger partial charge < -0.3 is 0 Å². The van der Waals surface area contributed by atoms with Crippen LogP contribution in [0.2, 0.25) is 0 Å². The summed E-state index contributed by atoms with van der Waals surface area (Å²) < 4.78 is 0. The lowest BCUT2D eigenvalue weighted by Crippen LogP contribution is -2.10. The molecule has 0 saturated carbocycles. The Balaban J connectivity index is 2.06. The molecule has 0 heteroatoms. The van der Waals surface area contributed by atoms with Crippen molar-refractivity contribution in [3.8, 4) is 0 Å². The molecule has 1 aliphatic carbocycles. The minimum Gasteiger partial charge on any atom is -0.0622 e. The van der Waals surface area contributed by atoms with E-state index in [1.807, 2.05) is 12.1 Å². The molecule has 0 aliphatic heterocycles. The second kappa shape index (κ2) is 3.05. The van der Waals surface area contributed by atoms with E-state index < -0.39 is 0 Å². The number of hydrogen-bond donors (Lipinski definition) is 0. The fourth-order valence-corrected chi connectivity index (χ4v) is 1.97. The highest BCUT2D eigenvalue weighted by molar-refractivity contribution is 5.54. The van der Waals surface area contributed by atoms with Crippen LogP contribution in [0.3, 0.4) is 0 Å². The number of rotatable bonds is 2. The van der Waals surface area contributed by atoms with Crippen molar-refractivity contribution in [3.63, 3.8) is 0 Å². The zero-order chi connectivity index (χ0) is 10.1. The first-order valence-electron chi connectivity index (χ1n) is 5.15. The molecule has 0 radical (unpaired) electrons. The molecule has 0 aromatic heterocycles. The highest BCUT2D eigenvalue weighted by Crippen LogP contribution is 2.43. The highest BCUT2D eigenvalue weighted by Gasteiger charge is 2.57. The second-order valence-corrected chi connectivity index (χ2v) is 3.83. The molecule has 0 N–H and O–H groups in total. The molecule has 0 unspecified atom stereocenters. The van der Waals surface area contributed by atoms with Gasteiger partial charge >= 0.3 is 5.41 Å². The summed E-state index contributed by atoms with van der Waals surface area (Å²) in [5.74, 6) is 0. The SMILES string of the molecule is [C+]1=CC1(c1ccccc1)c1ccccc1. The van der Waals surface area contributed by atoms with Crippen LogP contribution in [0.5, 0.6) is 0 Å². The average molecular weight is 191 g/mol. The Kier molecular flexibility index (Phi) is 1.71. The van der Waals surface area contributed by atoms with Crippen molar-refractivity contribution in [1.82, 2.24) is 0 Å². The summed E-state index contributed by atoms with van der Waals surface area (Å²) in [6.07, 6.45) is 5.49. The summed E-state index contributed by atoms with van der Waals surface area (Å²) in [6, 6.07) is 21.0. The van der Waals surface area contributed by atoms with Crippen molar-refractivity contribution in [2.75, 3.05) is 0 Å². The van der Waals surface area contributed by atoms with Crippen molar-refractivity contribution in [3.05, 3.63) is 83.9 Å². The molecule has 0 nitrogen and oxygen atoms in total. The molecular weight excluding hydrogens is 180 g/mol. The van der Waals surface area contributed by atoms with Gasteiger partial charge in [0.05, 0.1) is 0 Å². The molecule has 2 aromatic rings. The monoisotopic (exact) mass is 191 g/mol. The van der Waals surface area contributed by atoms with Gasteiger partial charge in [0.1, 0.15) is 0 Å². The van der Waals surface area contributed by atoms with Gasteiger partial charge in [-0.15, -0.1) is 0 Å². The molecule has 0 spiro atoms. The van der Waals surface area contributed by atoms with Crippen molar-refractivity contribution < 1.29 is 0 Å². The fourth-order valence-electron chi connectivity index (χ4n) is 1.97. The van der Waals surface area contributed by atoms with E-state index in [4.69, 9.17) is 0 Å². The molecule has 0 amide bonds. The van der Waals surface area contributed by atoms with E-state index in [0.717, 1.165) is 0 Å². The zero-order valence-electron chi connectivity index (χ0n) is 8.35. The predicted molar refractivity (Wildman–Crippen MR) is 61.5 cm³/mol.